The number of Topliss-reactive ketones (excluding diaryl/α,β-unsaturated/α-hetero) is 1. The maximum absolute atomic E-state index is 14.9. The van der Waals surface area contributed by atoms with Crippen molar-refractivity contribution in [1.82, 2.24) is 0 Å². The number of anilines is 1. The molecule has 3 aliphatic heterocycles. The molecule has 8 heteroatoms. The van der Waals surface area contributed by atoms with E-state index in [0.717, 1.165) is 79.9 Å². The second kappa shape index (κ2) is 14.4. The molecule has 0 saturated carbocycles. The monoisotopic (exact) mass is 722 g/mol. The number of rotatable bonds is 7. The van der Waals surface area contributed by atoms with Crippen molar-refractivity contribution < 1.29 is 24.3 Å². The van der Waals surface area contributed by atoms with Gasteiger partial charge in [-0.2, -0.15) is 0 Å². The summed E-state index contributed by atoms with van der Waals surface area (Å²) >= 11 is 3.25. The molecule has 2 saturated heterocycles. The van der Waals surface area contributed by atoms with E-state index in [2.05, 4.69) is 65.6 Å². The third kappa shape index (κ3) is 5.85. The Bertz CT molecular complexity index is 2200. The predicted octanol–water partition coefficient (Wildman–Crippen LogP) is 6.43. The molecule has 6 nitrogen and oxygen atoms in total. The summed E-state index contributed by atoms with van der Waals surface area (Å²) in [5.41, 5.74) is 8.95. The average molecular weight is 723 g/mol. The number of thiophene rings is 1. The lowest BCUT2D eigenvalue weighted by Crippen LogP contribution is -3.17. The molecule has 1 unspecified atom stereocenters. The summed E-state index contributed by atoms with van der Waals surface area (Å²) in [5, 5.41) is 16.0. The highest BCUT2D eigenvalue weighted by Crippen LogP contribution is 2.57. The number of benzene rings is 4. The van der Waals surface area contributed by atoms with Crippen LogP contribution in [0.2, 0.25) is 0 Å². The van der Waals surface area contributed by atoms with Gasteiger partial charge in [0.1, 0.15) is 18.1 Å². The number of ether oxygens (including phenoxy) is 2. The number of hydrogen-bond donors (Lipinski definition) is 1. The van der Waals surface area contributed by atoms with Crippen molar-refractivity contribution in [2.45, 2.75) is 5.37 Å². The minimum Gasteiger partial charge on any atom is -0.871 e. The van der Waals surface area contributed by atoms with Crippen molar-refractivity contribution in [2.75, 3.05) is 57.5 Å². The third-order valence-corrected chi connectivity index (χ3v) is 13.0. The minimum atomic E-state index is -0.169. The molecule has 1 atom stereocenters. The van der Waals surface area contributed by atoms with Gasteiger partial charge in [-0.05, 0) is 22.3 Å². The predicted molar refractivity (Wildman–Crippen MR) is 210 cm³/mol. The molecule has 0 radical (unpaired) electrons. The minimum absolute atomic E-state index is 0.0212. The van der Waals surface area contributed by atoms with Gasteiger partial charge < -0.3 is 24.4 Å². The zero-order chi connectivity index (χ0) is 35.0. The second-order valence-electron chi connectivity index (χ2n) is 13.3. The Hall–Kier alpha value is -4.70. The van der Waals surface area contributed by atoms with Crippen LogP contribution in [0.4, 0.5) is 5.00 Å². The molecule has 4 aromatic carbocycles. The fourth-order valence-electron chi connectivity index (χ4n) is 7.80. The van der Waals surface area contributed by atoms with Gasteiger partial charge >= 0.3 is 0 Å². The molecule has 5 aromatic rings. The lowest BCUT2D eigenvalue weighted by molar-refractivity contribution is -0.909. The van der Waals surface area contributed by atoms with Crippen molar-refractivity contribution in [3.63, 3.8) is 0 Å². The number of ketones is 1. The molecule has 1 aromatic heterocycles. The first-order valence-electron chi connectivity index (χ1n) is 17.9. The Labute approximate surface area is 312 Å². The lowest BCUT2D eigenvalue weighted by atomic mass is 9.81. The maximum atomic E-state index is 14.9. The van der Waals surface area contributed by atoms with Crippen molar-refractivity contribution in [3.8, 4) is 22.3 Å². The first kappa shape index (κ1) is 33.2. The fourth-order valence-corrected chi connectivity index (χ4v) is 10.9. The van der Waals surface area contributed by atoms with Crippen LogP contribution in [0, 0.1) is 0 Å². The van der Waals surface area contributed by atoms with Gasteiger partial charge in [0.25, 0.3) is 0 Å². The SMILES string of the molecule is O=C1C(c2sc(N3CCOCC3)c(-c3ccccc3)c2-c2ccccc2)=C([O-])/C1=C1/SC([NH+]2CCOCC2)C(c2ccccc2)=C1c1ccccc1. The number of carbonyl (C=O) groups is 1. The van der Waals surface area contributed by atoms with Crippen LogP contribution in [0.3, 0.4) is 0 Å². The van der Waals surface area contributed by atoms with Gasteiger partial charge in [-0.1, -0.05) is 139 Å². The van der Waals surface area contributed by atoms with Crippen molar-refractivity contribution >= 4 is 50.6 Å². The van der Waals surface area contributed by atoms with E-state index in [9.17, 15) is 9.90 Å². The summed E-state index contributed by atoms with van der Waals surface area (Å²) in [6, 6.07) is 41.3. The highest BCUT2D eigenvalue weighted by Gasteiger charge is 2.45. The zero-order valence-electron chi connectivity index (χ0n) is 28.7. The van der Waals surface area contributed by atoms with Crippen LogP contribution in [-0.2, 0) is 14.3 Å². The Morgan fingerprint density at radius 3 is 1.71 bits per heavy atom. The number of thioether (sulfide) groups is 1. The van der Waals surface area contributed by atoms with Gasteiger partial charge in [0.15, 0.2) is 11.2 Å². The van der Waals surface area contributed by atoms with E-state index in [1.165, 1.54) is 10.5 Å². The van der Waals surface area contributed by atoms with E-state index >= 15 is 0 Å². The van der Waals surface area contributed by atoms with Crippen LogP contribution in [0.15, 0.2) is 138 Å². The number of carbonyl (C=O) groups excluding carboxylic acids is 1. The van der Waals surface area contributed by atoms with E-state index in [-0.39, 0.29) is 16.9 Å². The largest absolute Gasteiger partial charge is 0.871 e. The number of hydrogen-bond acceptors (Lipinski definition) is 7. The van der Waals surface area contributed by atoms with E-state index in [1.807, 2.05) is 60.7 Å². The topological polar surface area (TPSA) is 66.3 Å². The summed E-state index contributed by atoms with van der Waals surface area (Å²) in [6.45, 7) is 5.86. The van der Waals surface area contributed by atoms with E-state index in [4.69, 9.17) is 9.47 Å². The molecule has 52 heavy (non-hydrogen) atoms. The maximum Gasteiger partial charge on any atom is 0.194 e. The normalized spacial score (nSPS) is 21.2. The number of allylic oxidation sites excluding steroid dienone is 3. The Balaban J connectivity index is 1.27. The van der Waals surface area contributed by atoms with Crippen LogP contribution in [-0.4, -0.2) is 63.8 Å². The smallest absolute Gasteiger partial charge is 0.194 e. The van der Waals surface area contributed by atoms with Crippen LogP contribution in [0.1, 0.15) is 16.0 Å². The first-order valence-corrected chi connectivity index (χ1v) is 19.6. The van der Waals surface area contributed by atoms with Crippen molar-refractivity contribution in [1.29, 1.82) is 0 Å². The summed E-state index contributed by atoms with van der Waals surface area (Å²) in [4.78, 5) is 20.2. The van der Waals surface area contributed by atoms with Gasteiger partial charge in [0.2, 0.25) is 0 Å². The van der Waals surface area contributed by atoms with Gasteiger partial charge in [-0.15, -0.1) is 11.3 Å². The molecular weight excluding hydrogens is 685 g/mol. The highest BCUT2D eigenvalue weighted by molar-refractivity contribution is 8.05. The van der Waals surface area contributed by atoms with Gasteiger partial charge in [-0.25, -0.2) is 0 Å². The Kier molecular flexibility index (Phi) is 9.17. The van der Waals surface area contributed by atoms with E-state index < -0.39 is 0 Å². The van der Waals surface area contributed by atoms with Crippen molar-refractivity contribution in [3.05, 3.63) is 154 Å². The molecule has 4 heterocycles. The van der Waals surface area contributed by atoms with Gasteiger partial charge in [0.05, 0.1) is 26.4 Å². The molecule has 4 aliphatic rings. The van der Waals surface area contributed by atoms with Gasteiger partial charge in [-0.3, -0.25) is 4.79 Å². The molecule has 1 aliphatic carbocycles. The summed E-state index contributed by atoms with van der Waals surface area (Å²) < 4.78 is 11.5. The fraction of sp³-hybridized carbons (Fsp3) is 0.205. The summed E-state index contributed by atoms with van der Waals surface area (Å²) in [6.07, 6.45) is 0. The molecule has 2 fully saturated rings. The van der Waals surface area contributed by atoms with Gasteiger partial charge in [0, 0.05) is 56.3 Å². The second-order valence-corrected chi connectivity index (χ2v) is 15.5. The molecule has 0 bridgehead atoms. The van der Waals surface area contributed by atoms with E-state index in [1.54, 1.807) is 23.1 Å². The number of morpholine rings is 2. The molecule has 9 rings (SSSR count). The summed E-state index contributed by atoms with van der Waals surface area (Å²) in [7, 11) is 0. The Morgan fingerprint density at radius 1 is 0.615 bits per heavy atom. The molecule has 260 valence electrons. The molecular formula is C44H38N2O4S2. The number of quaternary nitrogens is 1. The third-order valence-electron chi connectivity index (χ3n) is 10.3. The van der Waals surface area contributed by atoms with Crippen LogP contribution in [0.5, 0.6) is 0 Å². The standard InChI is InChI=1S/C44H38N2O4S2/c47-39-37(41-33(29-13-5-1-6-14-29)35(31-17-9-3-10-18-31)43(51-41)45-21-25-49-26-22-45)40(48)38(39)42-34(30-15-7-2-8-16-30)36(32-19-11-4-12-20-32)44(52-42)46-23-27-50-28-24-46/h1-20,43,47H,21-28H2/b41-37-. The number of nitrogens with zero attached hydrogens (tertiary/aromatic N) is 1. The summed E-state index contributed by atoms with van der Waals surface area (Å²) in [5.74, 6) is -0.338. The highest BCUT2D eigenvalue weighted by atomic mass is 32.2. The average Bonchev–Trinajstić information content (AvgIpc) is 3.80. The van der Waals surface area contributed by atoms with Crippen LogP contribution in [0.25, 0.3) is 39.0 Å². The van der Waals surface area contributed by atoms with Crippen LogP contribution >= 0.6 is 23.1 Å². The van der Waals surface area contributed by atoms with E-state index in [0.29, 0.717) is 37.6 Å². The van der Waals surface area contributed by atoms with Crippen LogP contribution < -0.4 is 14.9 Å². The zero-order valence-corrected chi connectivity index (χ0v) is 30.3. The first-order chi connectivity index (χ1) is 25.7. The molecule has 0 amide bonds. The molecule has 0 spiro atoms. The Morgan fingerprint density at radius 2 is 1.13 bits per heavy atom. The quantitative estimate of drug-likeness (QED) is 0.196. The van der Waals surface area contributed by atoms with Crippen molar-refractivity contribution in [2.24, 2.45) is 0 Å². The molecule has 1 N–H and O–H groups in total. The number of nitrogens with one attached hydrogen (secondary N) is 1. The lowest BCUT2D eigenvalue weighted by Gasteiger charge is -2.33.